The molecule has 2 aliphatic carbocycles. The van der Waals surface area contributed by atoms with Crippen LogP contribution < -0.4 is 5.32 Å². The summed E-state index contributed by atoms with van der Waals surface area (Å²) in [7, 11) is 0. The van der Waals surface area contributed by atoms with Crippen LogP contribution in [0.25, 0.3) is 0 Å². The number of nitrogens with one attached hydrogen (secondary N) is 2. The van der Waals surface area contributed by atoms with Gasteiger partial charge in [-0.15, -0.1) is 0 Å². The van der Waals surface area contributed by atoms with E-state index in [0.29, 0.717) is 6.04 Å². The largest absolute Gasteiger partial charge is 0.307 e. The Morgan fingerprint density at radius 3 is 2.88 bits per heavy atom. The van der Waals surface area contributed by atoms with Crippen molar-refractivity contribution in [2.24, 2.45) is 11.8 Å². The van der Waals surface area contributed by atoms with Gasteiger partial charge in [0.1, 0.15) is 12.2 Å². The first kappa shape index (κ1) is 11.2. The van der Waals surface area contributed by atoms with Crippen LogP contribution in [-0.4, -0.2) is 21.2 Å². The van der Waals surface area contributed by atoms with Gasteiger partial charge in [-0.25, -0.2) is 4.98 Å². The minimum Gasteiger partial charge on any atom is -0.307 e. The van der Waals surface area contributed by atoms with E-state index < -0.39 is 0 Å². The Labute approximate surface area is 103 Å². The van der Waals surface area contributed by atoms with E-state index in [2.05, 4.69) is 20.5 Å². The first-order chi connectivity index (χ1) is 8.42. The van der Waals surface area contributed by atoms with Crippen LogP contribution in [-0.2, 0) is 6.54 Å². The molecule has 3 atom stereocenters. The van der Waals surface area contributed by atoms with Gasteiger partial charge in [-0.05, 0) is 31.1 Å². The molecule has 0 saturated heterocycles. The van der Waals surface area contributed by atoms with Crippen molar-refractivity contribution in [1.29, 1.82) is 0 Å². The van der Waals surface area contributed by atoms with Crippen molar-refractivity contribution in [1.82, 2.24) is 20.5 Å². The zero-order valence-corrected chi connectivity index (χ0v) is 10.4. The third-order valence-electron chi connectivity index (χ3n) is 4.56. The van der Waals surface area contributed by atoms with Crippen molar-refractivity contribution in [2.75, 3.05) is 0 Å². The average Bonchev–Trinajstić information content (AvgIpc) is 2.89. The quantitative estimate of drug-likeness (QED) is 0.843. The third-order valence-corrected chi connectivity index (χ3v) is 4.56. The van der Waals surface area contributed by atoms with E-state index >= 15 is 0 Å². The Kier molecular flexibility index (Phi) is 3.41. The Morgan fingerprint density at radius 2 is 2.06 bits per heavy atom. The molecule has 0 spiro atoms. The molecular formula is C13H22N4. The second-order valence-electron chi connectivity index (χ2n) is 5.63. The molecule has 0 amide bonds. The molecule has 1 aromatic heterocycles. The van der Waals surface area contributed by atoms with E-state index in [-0.39, 0.29) is 0 Å². The minimum atomic E-state index is 0.694. The molecule has 0 radical (unpaired) electrons. The Balaban J connectivity index is 1.48. The van der Waals surface area contributed by atoms with E-state index in [4.69, 9.17) is 0 Å². The predicted molar refractivity (Wildman–Crippen MR) is 66.3 cm³/mol. The van der Waals surface area contributed by atoms with Crippen molar-refractivity contribution in [3.05, 3.63) is 12.2 Å². The fourth-order valence-electron chi connectivity index (χ4n) is 3.62. The van der Waals surface area contributed by atoms with Gasteiger partial charge in [-0.3, -0.25) is 5.10 Å². The average molecular weight is 234 g/mol. The molecule has 2 N–H and O–H groups in total. The first-order valence-electron chi connectivity index (χ1n) is 6.99. The SMILES string of the molecule is c1n[nH]c(CNC2CCC3CCCCC3C2)n1. The van der Waals surface area contributed by atoms with Gasteiger partial charge in [0.2, 0.25) is 0 Å². The highest BCUT2D eigenvalue weighted by Gasteiger charge is 2.31. The van der Waals surface area contributed by atoms with Crippen LogP contribution in [0.1, 0.15) is 50.8 Å². The van der Waals surface area contributed by atoms with E-state index in [1.165, 1.54) is 44.9 Å². The number of H-pyrrole nitrogens is 1. The van der Waals surface area contributed by atoms with E-state index in [1.807, 2.05) is 0 Å². The van der Waals surface area contributed by atoms with Gasteiger partial charge in [0, 0.05) is 6.04 Å². The molecule has 2 aliphatic rings. The molecule has 2 saturated carbocycles. The van der Waals surface area contributed by atoms with Gasteiger partial charge in [-0.2, -0.15) is 5.10 Å². The molecule has 1 aromatic rings. The van der Waals surface area contributed by atoms with Crippen LogP contribution in [0.15, 0.2) is 6.33 Å². The summed E-state index contributed by atoms with van der Waals surface area (Å²) in [5.74, 6) is 2.98. The van der Waals surface area contributed by atoms with Crippen molar-refractivity contribution < 1.29 is 0 Å². The highest BCUT2D eigenvalue weighted by molar-refractivity contribution is 4.88. The summed E-state index contributed by atoms with van der Waals surface area (Å²) >= 11 is 0. The van der Waals surface area contributed by atoms with Crippen LogP contribution in [0.4, 0.5) is 0 Å². The summed E-state index contributed by atoms with van der Waals surface area (Å²) in [4.78, 5) is 4.15. The number of hydrogen-bond acceptors (Lipinski definition) is 3. The lowest BCUT2D eigenvalue weighted by Crippen LogP contribution is -2.38. The monoisotopic (exact) mass is 234 g/mol. The summed E-state index contributed by atoms with van der Waals surface area (Å²) in [6, 6.07) is 0.694. The second kappa shape index (κ2) is 5.17. The van der Waals surface area contributed by atoms with E-state index in [0.717, 1.165) is 24.2 Å². The Morgan fingerprint density at radius 1 is 1.18 bits per heavy atom. The zero-order valence-electron chi connectivity index (χ0n) is 10.4. The summed E-state index contributed by atoms with van der Waals surface area (Å²) in [6.45, 7) is 0.835. The number of rotatable bonds is 3. The van der Waals surface area contributed by atoms with Crippen molar-refractivity contribution in [3.63, 3.8) is 0 Å². The molecule has 3 unspecified atom stereocenters. The molecule has 2 fully saturated rings. The smallest absolute Gasteiger partial charge is 0.138 e. The lowest BCUT2D eigenvalue weighted by molar-refractivity contribution is 0.143. The van der Waals surface area contributed by atoms with Gasteiger partial charge < -0.3 is 5.32 Å². The van der Waals surface area contributed by atoms with Gasteiger partial charge in [0.25, 0.3) is 0 Å². The number of fused-ring (bicyclic) bond motifs is 1. The van der Waals surface area contributed by atoms with Gasteiger partial charge in [-0.1, -0.05) is 25.7 Å². The Hall–Kier alpha value is -0.900. The number of aromatic amines is 1. The summed E-state index contributed by atoms with van der Waals surface area (Å²) in [6.07, 6.45) is 11.6. The molecular weight excluding hydrogens is 212 g/mol. The Bertz CT molecular complexity index is 335. The molecule has 4 nitrogen and oxygen atoms in total. The summed E-state index contributed by atoms with van der Waals surface area (Å²) < 4.78 is 0. The highest BCUT2D eigenvalue weighted by Crippen LogP contribution is 2.40. The molecule has 0 bridgehead atoms. The van der Waals surface area contributed by atoms with Crippen LogP contribution in [0.3, 0.4) is 0 Å². The van der Waals surface area contributed by atoms with Crippen LogP contribution in [0.5, 0.6) is 0 Å². The number of nitrogens with zero attached hydrogens (tertiary/aromatic N) is 2. The van der Waals surface area contributed by atoms with Crippen molar-refractivity contribution in [2.45, 2.75) is 57.5 Å². The van der Waals surface area contributed by atoms with Gasteiger partial charge in [0.05, 0.1) is 6.54 Å². The van der Waals surface area contributed by atoms with E-state index in [9.17, 15) is 0 Å². The number of aromatic nitrogens is 3. The van der Waals surface area contributed by atoms with Crippen molar-refractivity contribution in [3.8, 4) is 0 Å². The summed E-state index contributed by atoms with van der Waals surface area (Å²) in [5.41, 5.74) is 0. The maximum Gasteiger partial charge on any atom is 0.138 e. The lowest BCUT2D eigenvalue weighted by atomic mass is 9.69. The molecule has 94 valence electrons. The maximum atomic E-state index is 4.15. The molecule has 0 aromatic carbocycles. The molecule has 4 heteroatoms. The van der Waals surface area contributed by atoms with Gasteiger partial charge >= 0.3 is 0 Å². The topological polar surface area (TPSA) is 53.6 Å². The highest BCUT2D eigenvalue weighted by atomic mass is 15.2. The molecule has 1 heterocycles. The zero-order chi connectivity index (χ0) is 11.5. The maximum absolute atomic E-state index is 4.15. The fourth-order valence-corrected chi connectivity index (χ4v) is 3.62. The van der Waals surface area contributed by atoms with E-state index in [1.54, 1.807) is 6.33 Å². The standard InChI is InChI=1S/C13H22N4/c1-2-4-11-7-12(6-5-10(11)3-1)14-8-13-15-9-16-17-13/h9-12,14H,1-8H2,(H,15,16,17). The summed E-state index contributed by atoms with van der Waals surface area (Å²) in [5, 5.41) is 10.4. The van der Waals surface area contributed by atoms with Crippen LogP contribution >= 0.6 is 0 Å². The van der Waals surface area contributed by atoms with Crippen LogP contribution in [0, 0.1) is 11.8 Å². The van der Waals surface area contributed by atoms with Gasteiger partial charge in [0.15, 0.2) is 0 Å². The lowest BCUT2D eigenvalue weighted by Gasteiger charge is -2.39. The first-order valence-corrected chi connectivity index (χ1v) is 6.99. The minimum absolute atomic E-state index is 0.694. The van der Waals surface area contributed by atoms with Crippen molar-refractivity contribution >= 4 is 0 Å². The second-order valence-corrected chi connectivity index (χ2v) is 5.63. The molecule has 0 aliphatic heterocycles. The normalized spacial score (nSPS) is 33.3. The molecule has 3 rings (SSSR count). The fraction of sp³-hybridized carbons (Fsp3) is 0.846. The van der Waals surface area contributed by atoms with Crippen LogP contribution in [0.2, 0.25) is 0 Å². The third kappa shape index (κ3) is 2.68. The number of hydrogen-bond donors (Lipinski definition) is 2. The predicted octanol–water partition coefficient (Wildman–Crippen LogP) is 2.25. The molecule has 17 heavy (non-hydrogen) atoms.